The highest BCUT2D eigenvalue weighted by atomic mass is 16.2. The van der Waals surface area contributed by atoms with Gasteiger partial charge in [0.05, 0.1) is 12.3 Å². The molecule has 0 N–H and O–H groups in total. The molecule has 2 aliphatic heterocycles. The molecular weight excluding hydrogens is 332 g/mol. The molecule has 2 aliphatic rings. The Kier molecular flexibility index (Phi) is 5.85. The van der Waals surface area contributed by atoms with Crippen LogP contribution in [0.3, 0.4) is 0 Å². The molecule has 0 spiro atoms. The van der Waals surface area contributed by atoms with Gasteiger partial charge in [-0.05, 0) is 31.0 Å². The van der Waals surface area contributed by atoms with E-state index in [-0.39, 0.29) is 23.6 Å². The summed E-state index contributed by atoms with van der Waals surface area (Å²) in [6, 6.07) is 3.70. The minimum absolute atomic E-state index is 0.0535. The molecule has 7 nitrogen and oxygen atoms in total. The summed E-state index contributed by atoms with van der Waals surface area (Å²) in [6.07, 6.45) is 4.82. The maximum Gasteiger partial charge on any atom is 0.228 e. The fourth-order valence-electron chi connectivity index (χ4n) is 3.68. The van der Waals surface area contributed by atoms with Gasteiger partial charge in [0.25, 0.3) is 0 Å². The lowest BCUT2D eigenvalue weighted by atomic mass is 10.1. The number of pyridine rings is 1. The van der Waals surface area contributed by atoms with Gasteiger partial charge in [0.15, 0.2) is 0 Å². The molecule has 2 fully saturated rings. The molecule has 26 heavy (non-hydrogen) atoms. The lowest BCUT2D eigenvalue weighted by molar-refractivity contribution is -0.136. The molecule has 1 aromatic rings. The summed E-state index contributed by atoms with van der Waals surface area (Å²) < 4.78 is 0. The highest BCUT2D eigenvalue weighted by Gasteiger charge is 2.36. The predicted octanol–water partition coefficient (Wildman–Crippen LogP) is 0.553. The minimum atomic E-state index is -0.235. The van der Waals surface area contributed by atoms with Crippen LogP contribution < -0.4 is 0 Å². The van der Waals surface area contributed by atoms with Gasteiger partial charge in [-0.15, -0.1) is 0 Å². The molecule has 1 unspecified atom stereocenters. The first-order valence-electron chi connectivity index (χ1n) is 9.31. The summed E-state index contributed by atoms with van der Waals surface area (Å²) in [5, 5.41) is 0. The fraction of sp³-hybridized carbons (Fsp3) is 0.579. The normalized spacial score (nSPS) is 21.0. The van der Waals surface area contributed by atoms with E-state index < -0.39 is 0 Å². The summed E-state index contributed by atoms with van der Waals surface area (Å²) in [5.41, 5.74) is 0.950. The van der Waals surface area contributed by atoms with Crippen LogP contribution in [0.1, 0.15) is 25.3 Å². The second-order valence-electron chi connectivity index (χ2n) is 6.93. The number of hydrogen-bond acceptors (Lipinski definition) is 4. The third kappa shape index (κ3) is 4.20. The van der Waals surface area contributed by atoms with Crippen molar-refractivity contribution in [3.05, 3.63) is 30.1 Å². The Labute approximate surface area is 154 Å². The van der Waals surface area contributed by atoms with Crippen molar-refractivity contribution < 1.29 is 14.4 Å². The summed E-state index contributed by atoms with van der Waals surface area (Å²) in [4.78, 5) is 46.6. The molecule has 0 saturated carbocycles. The van der Waals surface area contributed by atoms with Gasteiger partial charge >= 0.3 is 0 Å². The van der Waals surface area contributed by atoms with Crippen molar-refractivity contribution in [2.75, 3.05) is 39.3 Å². The van der Waals surface area contributed by atoms with Crippen molar-refractivity contribution in [3.63, 3.8) is 0 Å². The first-order valence-corrected chi connectivity index (χ1v) is 9.31. The Hall–Kier alpha value is -2.44. The van der Waals surface area contributed by atoms with Crippen LogP contribution in [-0.2, 0) is 20.8 Å². The van der Waals surface area contributed by atoms with Crippen molar-refractivity contribution >= 4 is 17.7 Å². The number of aromatic nitrogens is 1. The Morgan fingerprint density at radius 3 is 2.50 bits per heavy atom. The van der Waals surface area contributed by atoms with Gasteiger partial charge in [-0.25, -0.2) is 0 Å². The van der Waals surface area contributed by atoms with E-state index in [1.54, 1.807) is 17.3 Å². The molecule has 0 aliphatic carbocycles. The van der Waals surface area contributed by atoms with Gasteiger partial charge in [-0.3, -0.25) is 19.4 Å². The van der Waals surface area contributed by atoms with Crippen LogP contribution in [0.25, 0.3) is 0 Å². The second kappa shape index (κ2) is 8.29. The van der Waals surface area contributed by atoms with E-state index in [1.165, 1.54) is 0 Å². The van der Waals surface area contributed by atoms with Crippen LogP contribution in [-0.4, -0.2) is 76.7 Å². The zero-order valence-corrected chi connectivity index (χ0v) is 15.3. The predicted molar refractivity (Wildman–Crippen MR) is 96.1 cm³/mol. The maximum absolute atomic E-state index is 12.8. The van der Waals surface area contributed by atoms with Gasteiger partial charge in [0, 0.05) is 58.1 Å². The van der Waals surface area contributed by atoms with Crippen LogP contribution in [0.2, 0.25) is 0 Å². The average Bonchev–Trinajstić information content (AvgIpc) is 2.87. The van der Waals surface area contributed by atoms with E-state index in [0.29, 0.717) is 52.1 Å². The van der Waals surface area contributed by atoms with E-state index in [9.17, 15) is 14.4 Å². The first-order chi connectivity index (χ1) is 12.6. The van der Waals surface area contributed by atoms with Crippen molar-refractivity contribution in [2.24, 2.45) is 5.92 Å². The number of rotatable bonds is 4. The zero-order valence-electron chi connectivity index (χ0n) is 15.3. The van der Waals surface area contributed by atoms with E-state index >= 15 is 0 Å². The van der Waals surface area contributed by atoms with Gasteiger partial charge in [0.2, 0.25) is 17.7 Å². The Morgan fingerprint density at radius 1 is 1.12 bits per heavy atom. The summed E-state index contributed by atoms with van der Waals surface area (Å²) in [7, 11) is 0. The molecule has 3 heterocycles. The molecule has 1 atom stereocenters. The number of likely N-dealkylation sites (tertiary alicyclic amines) is 1. The van der Waals surface area contributed by atoms with E-state index in [0.717, 1.165) is 12.0 Å². The Morgan fingerprint density at radius 2 is 1.81 bits per heavy atom. The fourth-order valence-corrected chi connectivity index (χ4v) is 3.68. The highest BCUT2D eigenvalue weighted by Crippen LogP contribution is 2.20. The van der Waals surface area contributed by atoms with Crippen molar-refractivity contribution in [3.8, 4) is 0 Å². The van der Waals surface area contributed by atoms with Crippen LogP contribution >= 0.6 is 0 Å². The molecule has 140 valence electrons. The molecule has 1 aromatic heterocycles. The molecule has 0 bridgehead atoms. The number of nitrogens with zero attached hydrogens (tertiary/aromatic N) is 4. The summed E-state index contributed by atoms with van der Waals surface area (Å²) in [6.45, 7) is 5.51. The first kappa shape index (κ1) is 18.4. The lowest BCUT2D eigenvalue weighted by Crippen LogP contribution is -2.41. The van der Waals surface area contributed by atoms with Crippen molar-refractivity contribution in [1.82, 2.24) is 19.7 Å². The molecule has 3 rings (SSSR count). The van der Waals surface area contributed by atoms with Gasteiger partial charge in [-0.1, -0.05) is 0 Å². The molecule has 3 amide bonds. The van der Waals surface area contributed by atoms with Gasteiger partial charge < -0.3 is 14.7 Å². The molecule has 0 radical (unpaired) electrons. The van der Waals surface area contributed by atoms with E-state index in [2.05, 4.69) is 4.98 Å². The van der Waals surface area contributed by atoms with Gasteiger partial charge in [-0.2, -0.15) is 0 Å². The third-order valence-corrected chi connectivity index (χ3v) is 5.21. The minimum Gasteiger partial charge on any atom is -0.342 e. The van der Waals surface area contributed by atoms with E-state index in [4.69, 9.17) is 0 Å². The third-order valence-electron chi connectivity index (χ3n) is 5.21. The summed E-state index contributed by atoms with van der Waals surface area (Å²) >= 11 is 0. The average molecular weight is 358 g/mol. The van der Waals surface area contributed by atoms with Crippen LogP contribution in [0.15, 0.2) is 24.5 Å². The Balaban J connectivity index is 1.54. The van der Waals surface area contributed by atoms with Gasteiger partial charge in [0.1, 0.15) is 0 Å². The van der Waals surface area contributed by atoms with Crippen molar-refractivity contribution in [1.29, 1.82) is 0 Å². The topological polar surface area (TPSA) is 73.8 Å². The quantitative estimate of drug-likeness (QED) is 0.788. The highest BCUT2D eigenvalue weighted by molar-refractivity contribution is 5.89. The Bertz CT molecular complexity index is 664. The lowest BCUT2D eigenvalue weighted by Gasteiger charge is -2.24. The molecule has 2 saturated heterocycles. The van der Waals surface area contributed by atoms with Crippen molar-refractivity contribution in [2.45, 2.75) is 26.2 Å². The number of carbonyl (C=O) groups excluding carboxylic acids is 3. The van der Waals surface area contributed by atoms with Crippen LogP contribution in [0.5, 0.6) is 0 Å². The smallest absolute Gasteiger partial charge is 0.228 e. The monoisotopic (exact) mass is 358 g/mol. The molecule has 0 aromatic carbocycles. The zero-order chi connectivity index (χ0) is 18.5. The van der Waals surface area contributed by atoms with E-state index in [1.807, 2.05) is 28.9 Å². The molecular formula is C19H26N4O3. The standard InChI is InChI=1S/C19H26N4O3/c1-2-21-14-16(13-18(21)25)19(26)23-9-3-8-22(10-11-23)17(24)12-15-4-6-20-7-5-15/h4-7,16H,2-3,8-14H2,1H3. The van der Waals surface area contributed by atoms with Crippen LogP contribution in [0, 0.1) is 5.92 Å². The number of carbonyl (C=O) groups is 3. The molecule has 7 heteroatoms. The number of amides is 3. The van der Waals surface area contributed by atoms with Crippen LogP contribution in [0.4, 0.5) is 0 Å². The summed E-state index contributed by atoms with van der Waals surface area (Å²) in [5.74, 6) is -0.0345. The maximum atomic E-state index is 12.8. The largest absolute Gasteiger partial charge is 0.342 e. The SMILES string of the molecule is CCN1CC(C(=O)N2CCCN(C(=O)Cc3ccncc3)CC2)CC1=O. The second-order valence-corrected chi connectivity index (χ2v) is 6.93. The number of hydrogen-bond donors (Lipinski definition) is 0.